The minimum atomic E-state index is -0.423. The molecule has 0 bridgehead atoms. The number of pyridine rings is 3. The van der Waals surface area contributed by atoms with Gasteiger partial charge >= 0.3 is 0 Å². The zero-order chi connectivity index (χ0) is 20.1. The van der Waals surface area contributed by atoms with Crippen LogP contribution in [0.15, 0.2) is 59.8 Å². The van der Waals surface area contributed by atoms with Crippen LogP contribution in [0.1, 0.15) is 0 Å². The van der Waals surface area contributed by atoms with Gasteiger partial charge in [-0.25, -0.2) is 14.4 Å². The summed E-state index contributed by atoms with van der Waals surface area (Å²) < 4.78 is 15.5. The number of imidazole rings is 1. The summed E-state index contributed by atoms with van der Waals surface area (Å²) in [7, 11) is 0. The summed E-state index contributed by atoms with van der Waals surface area (Å²) in [4.78, 5) is 20.8. The van der Waals surface area contributed by atoms with Gasteiger partial charge in [0.25, 0.3) is 0 Å². The lowest BCUT2D eigenvalue weighted by atomic mass is 10.1. The van der Waals surface area contributed by atoms with Gasteiger partial charge in [-0.15, -0.1) is 0 Å². The van der Waals surface area contributed by atoms with Gasteiger partial charge in [0.15, 0.2) is 11.5 Å². The Morgan fingerprint density at radius 1 is 0.967 bits per heavy atom. The second-order valence-electron chi connectivity index (χ2n) is 6.68. The predicted molar refractivity (Wildman–Crippen MR) is 113 cm³/mol. The van der Waals surface area contributed by atoms with Crippen LogP contribution in [0.2, 0.25) is 0 Å². The van der Waals surface area contributed by atoms with Crippen LogP contribution in [0, 0.1) is 5.82 Å². The SMILES string of the molecule is Fc1c(-c2cccnc2)cnc2[nH]nc(-c3nc4c(-c5ccsc5)nccc4[nH]3)c12. The van der Waals surface area contributed by atoms with Gasteiger partial charge in [0.2, 0.25) is 0 Å². The third-order valence-electron chi connectivity index (χ3n) is 4.92. The number of hydrogen-bond donors (Lipinski definition) is 2. The molecule has 0 amide bonds. The lowest BCUT2D eigenvalue weighted by Gasteiger charge is -2.03. The Kier molecular flexibility index (Phi) is 3.68. The van der Waals surface area contributed by atoms with Crippen LogP contribution in [0.5, 0.6) is 0 Å². The van der Waals surface area contributed by atoms with Crippen molar-refractivity contribution in [2.45, 2.75) is 0 Å². The zero-order valence-electron chi connectivity index (χ0n) is 15.3. The number of rotatable bonds is 3. The molecular formula is C21H12FN7S. The molecule has 0 aliphatic rings. The molecule has 0 saturated heterocycles. The lowest BCUT2D eigenvalue weighted by Crippen LogP contribution is -1.91. The third-order valence-corrected chi connectivity index (χ3v) is 5.60. The molecule has 0 aliphatic carbocycles. The van der Waals surface area contributed by atoms with Crippen molar-refractivity contribution in [3.63, 3.8) is 0 Å². The Morgan fingerprint density at radius 3 is 2.77 bits per heavy atom. The van der Waals surface area contributed by atoms with Crippen molar-refractivity contribution in [1.82, 2.24) is 35.1 Å². The molecule has 6 rings (SSSR count). The van der Waals surface area contributed by atoms with Crippen LogP contribution in [-0.2, 0) is 0 Å². The summed E-state index contributed by atoms with van der Waals surface area (Å²) in [5, 5.41) is 11.4. The molecule has 0 atom stereocenters. The van der Waals surface area contributed by atoms with Crippen LogP contribution in [0.4, 0.5) is 4.39 Å². The van der Waals surface area contributed by atoms with E-state index in [2.05, 4.69) is 30.1 Å². The van der Waals surface area contributed by atoms with Crippen molar-refractivity contribution >= 4 is 33.4 Å². The van der Waals surface area contributed by atoms with Gasteiger partial charge in [-0.2, -0.15) is 16.4 Å². The van der Waals surface area contributed by atoms with E-state index in [1.54, 1.807) is 42.1 Å². The molecule has 0 spiro atoms. The number of hydrogen-bond acceptors (Lipinski definition) is 6. The fourth-order valence-corrected chi connectivity index (χ4v) is 4.15. The highest BCUT2D eigenvalue weighted by molar-refractivity contribution is 7.08. The second kappa shape index (κ2) is 6.53. The van der Waals surface area contributed by atoms with Gasteiger partial charge in [0.05, 0.1) is 16.6 Å². The highest BCUT2D eigenvalue weighted by atomic mass is 32.1. The van der Waals surface area contributed by atoms with Crippen LogP contribution in [0.25, 0.3) is 56.0 Å². The molecule has 6 aromatic heterocycles. The van der Waals surface area contributed by atoms with Crippen LogP contribution >= 0.6 is 11.3 Å². The van der Waals surface area contributed by atoms with Crippen LogP contribution in [0.3, 0.4) is 0 Å². The first-order chi connectivity index (χ1) is 14.8. The van der Waals surface area contributed by atoms with E-state index in [1.807, 2.05) is 22.9 Å². The van der Waals surface area contributed by atoms with Crippen molar-refractivity contribution in [3.05, 3.63) is 65.6 Å². The number of nitrogens with one attached hydrogen (secondary N) is 2. The summed E-state index contributed by atoms with van der Waals surface area (Å²) in [6.07, 6.45) is 6.45. The van der Waals surface area contributed by atoms with E-state index in [0.29, 0.717) is 33.8 Å². The fourth-order valence-electron chi connectivity index (χ4n) is 3.51. The molecule has 9 heteroatoms. The maximum absolute atomic E-state index is 15.5. The van der Waals surface area contributed by atoms with Gasteiger partial charge < -0.3 is 4.98 Å². The summed E-state index contributed by atoms with van der Waals surface area (Å²) in [5.74, 6) is 0.0261. The van der Waals surface area contributed by atoms with E-state index >= 15 is 4.39 Å². The number of thiophene rings is 1. The molecule has 6 heterocycles. The van der Waals surface area contributed by atoms with Gasteiger partial charge in [0.1, 0.15) is 17.0 Å². The maximum atomic E-state index is 15.5. The molecule has 2 N–H and O–H groups in total. The van der Waals surface area contributed by atoms with Crippen LogP contribution in [-0.4, -0.2) is 35.1 Å². The van der Waals surface area contributed by atoms with Gasteiger partial charge in [-0.3, -0.25) is 15.1 Å². The number of H-pyrrole nitrogens is 2. The predicted octanol–water partition coefficient (Wildman–Crippen LogP) is 4.83. The van der Waals surface area contributed by atoms with E-state index in [9.17, 15) is 0 Å². The van der Waals surface area contributed by atoms with E-state index < -0.39 is 5.82 Å². The van der Waals surface area contributed by atoms with Gasteiger partial charge in [-0.05, 0) is 23.6 Å². The normalized spacial score (nSPS) is 11.5. The summed E-state index contributed by atoms with van der Waals surface area (Å²) in [6.45, 7) is 0. The molecule has 0 unspecified atom stereocenters. The summed E-state index contributed by atoms with van der Waals surface area (Å²) >= 11 is 1.59. The Morgan fingerprint density at radius 2 is 1.93 bits per heavy atom. The average Bonchev–Trinajstić information content (AvgIpc) is 3.53. The third kappa shape index (κ3) is 2.52. The first-order valence-corrected chi connectivity index (χ1v) is 10.0. The van der Waals surface area contributed by atoms with Crippen molar-refractivity contribution < 1.29 is 4.39 Å². The molecule has 0 aliphatic heterocycles. The minimum absolute atomic E-state index is 0.278. The number of aromatic amines is 2. The number of aromatic nitrogens is 7. The maximum Gasteiger partial charge on any atom is 0.159 e. The second-order valence-corrected chi connectivity index (χ2v) is 7.46. The molecule has 7 nitrogen and oxygen atoms in total. The zero-order valence-corrected chi connectivity index (χ0v) is 16.1. The number of nitrogens with zero attached hydrogens (tertiary/aromatic N) is 5. The quantitative estimate of drug-likeness (QED) is 0.433. The Balaban J connectivity index is 1.57. The first-order valence-electron chi connectivity index (χ1n) is 9.10. The van der Waals surface area contributed by atoms with E-state index in [1.165, 1.54) is 6.20 Å². The van der Waals surface area contributed by atoms with Gasteiger partial charge in [-0.1, -0.05) is 6.07 Å². The summed E-state index contributed by atoms with van der Waals surface area (Å²) in [5.41, 5.74) is 4.99. The molecule has 0 fully saturated rings. The molecule has 144 valence electrons. The number of fused-ring (bicyclic) bond motifs is 2. The minimum Gasteiger partial charge on any atom is -0.336 e. The Labute approximate surface area is 172 Å². The lowest BCUT2D eigenvalue weighted by molar-refractivity contribution is 0.642. The monoisotopic (exact) mass is 413 g/mol. The molecule has 0 saturated carbocycles. The highest BCUT2D eigenvalue weighted by Gasteiger charge is 2.21. The van der Waals surface area contributed by atoms with Crippen molar-refractivity contribution in [2.24, 2.45) is 0 Å². The standard InChI is InChI=1S/C21H12FN7S/c22-16-13(11-2-1-5-23-8-11)9-25-20-15(16)19(28-29-20)21-26-14-3-6-24-17(18(14)27-21)12-4-7-30-10-12/h1-10H,(H,26,27)(H,25,28,29). The van der Waals surface area contributed by atoms with Crippen molar-refractivity contribution in [1.29, 1.82) is 0 Å². The van der Waals surface area contributed by atoms with Crippen molar-refractivity contribution in [2.75, 3.05) is 0 Å². The smallest absolute Gasteiger partial charge is 0.159 e. The van der Waals surface area contributed by atoms with E-state index in [0.717, 1.165) is 16.8 Å². The average molecular weight is 413 g/mol. The first kappa shape index (κ1) is 16.9. The van der Waals surface area contributed by atoms with Crippen LogP contribution < -0.4 is 0 Å². The number of halogens is 1. The largest absolute Gasteiger partial charge is 0.336 e. The van der Waals surface area contributed by atoms with E-state index in [-0.39, 0.29) is 5.39 Å². The molecule has 0 aromatic carbocycles. The van der Waals surface area contributed by atoms with E-state index in [4.69, 9.17) is 4.98 Å². The molecule has 30 heavy (non-hydrogen) atoms. The topological polar surface area (TPSA) is 96.0 Å². The Bertz CT molecular complexity index is 1500. The molecule has 6 aromatic rings. The highest BCUT2D eigenvalue weighted by Crippen LogP contribution is 2.34. The van der Waals surface area contributed by atoms with Crippen molar-refractivity contribution in [3.8, 4) is 33.9 Å². The molecular weight excluding hydrogens is 401 g/mol. The molecule has 0 radical (unpaired) electrons. The summed E-state index contributed by atoms with van der Waals surface area (Å²) in [6, 6.07) is 7.38. The Hall–Kier alpha value is -3.98. The van der Waals surface area contributed by atoms with Gasteiger partial charge in [0, 0.05) is 46.9 Å². The fraction of sp³-hybridized carbons (Fsp3) is 0.